The predicted octanol–water partition coefficient (Wildman–Crippen LogP) is 2.00. The van der Waals surface area contributed by atoms with Crippen LogP contribution < -0.4 is 5.69 Å². The van der Waals surface area contributed by atoms with Gasteiger partial charge in [0.15, 0.2) is 0 Å². The maximum absolute atomic E-state index is 12.1. The van der Waals surface area contributed by atoms with Crippen molar-refractivity contribution < 1.29 is 0 Å². The lowest BCUT2D eigenvalue weighted by atomic mass is 10.2. The largest absolute Gasteiger partial charge is 0.346 e. The highest BCUT2D eigenvalue weighted by Crippen LogP contribution is 2.22. The highest BCUT2D eigenvalue weighted by molar-refractivity contribution is 5.81. The van der Waals surface area contributed by atoms with E-state index in [0.29, 0.717) is 0 Å². The Bertz CT molecular complexity index is 1330. The number of pyridine rings is 1. The van der Waals surface area contributed by atoms with Crippen molar-refractivity contribution in [3.63, 3.8) is 0 Å². The lowest BCUT2D eigenvalue weighted by Gasteiger charge is -2.01. The Kier molecular flexibility index (Phi) is 2.90. The maximum atomic E-state index is 12.1. The highest BCUT2D eigenvalue weighted by atomic mass is 16.1. The quantitative estimate of drug-likeness (QED) is 0.530. The summed E-state index contributed by atoms with van der Waals surface area (Å²) < 4.78 is 4.96. The van der Waals surface area contributed by atoms with Gasteiger partial charge in [0.1, 0.15) is 11.3 Å². The fourth-order valence-corrected chi connectivity index (χ4v) is 3.24. The molecule has 26 heavy (non-hydrogen) atoms. The first-order valence-corrected chi connectivity index (χ1v) is 8.13. The Hall–Kier alpha value is -3.68. The van der Waals surface area contributed by atoms with Gasteiger partial charge in [0.05, 0.1) is 22.9 Å². The van der Waals surface area contributed by atoms with Crippen LogP contribution >= 0.6 is 0 Å². The van der Waals surface area contributed by atoms with Gasteiger partial charge >= 0.3 is 5.69 Å². The number of imidazole rings is 1. The van der Waals surface area contributed by atoms with Crippen LogP contribution in [0.25, 0.3) is 39.0 Å². The van der Waals surface area contributed by atoms with Crippen LogP contribution in [0, 0.1) is 0 Å². The Labute approximate surface area is 147 Å². The van der Waals surface area contributed by atoms with Gasteiger partial charge in [0, 0.05) is 37.4 Å². The minimum Gasteiger partial charge on any atom is -0.346 e. The van der Waals surface area contributed by atoms with Gasteiger partial charge in [-0.15, -0.1) is 5.10 Å². The zero-order chi connectivity index (χ0) is 17.8. The fourth-order valence-electron chi connectivity index (χ4n) is 3.24. The summed E-state index contributed by atoms with van der Waals surface area (Å²) in [6.45, 7) is 0. The number of rotatable bonds is 2. The predicted molar refractivity (Wildman–Crippen MR) is 98.2 cm³/mol. The second-order valence-corrected chi connectivity index (χ2v) is 6.26. The summed E-state index contributed by atoms with van der Waals surface area (Å²) in [5, 5.41) is 9.53. The third kappa shape index (κ3) is 2.02. The lowest BCUT2D eigenvalue weighted by Crippen LogP contribution is -2.19. The van der Waals surface area contributed by atoms with Gasteiger partial charge in [-0.1, -0.05) is 5.21 Å². The van der Waals surface area contributed by atoms with E-state index in [2.05, 4.69) is 20.3 Å². The van der Waals surface area contributed by atoms with Gasteiger partial charge in [-0.05, 0) is 30.3 Å². The first-order valence-electron chi connectivity index (χ1n) is 8.13. The van der Waals surface area contributed by atoms with E-state index in [0.717, 1.165) is 39.0 Å². The van der Waals surface area contributed by atoms with Crippen LogP contribution in [0.3, 0.4) is 0 Å². The molecule has 0 aliphatic rings. The van der Waals surface area contributed by atoms with E-state index in [4.69, 9.17) is 0 Å². The van der Waals surface area contributed by atoms with Crippen molar-refractivity contribution in [2.24, 2.45) is 14.1 Å². The molecule has 0 aliphatic carbocycles. The van der Waals surface area contributed by atoms with E-state index in [1.165, 1.54) is 0 Å². The Morgan fingerprint density at radius 2 is 1.88 bits per heavy atom. The average molecular weight is 345 g/mol. The van der Waals surface area contributed by atoms with Crippen molar-refractivity contribution in [3.05, 3.63) is 59.4 Å². The highest BCUT2D eigenvalue weighted by Gasteiger charge is 2.11. The molecule has 0 saturated carbocycles. The molecule has 0 spiro atoms. The summed E-state index contributed by atoms with van der Waals surface area (Å²) in [6.07, 6.45) is 5.49. The van der Waals surface area contributed by atoms with Gasteiger partial charge in [-0.2, -0.15) is 0 Å². The minimum atomic E-state index is -0.0534. The second-order valence-electron chi connectivity index (χ2n) is 6.26. The molecule has 4 aromatic heterocycles. The number of hydrogen-bond donors (Lipinski definition) is 1. The molecule has 0 radical (unpaired) electrons. The third-order valence-electron chi connectivity index (χ3n) is 4.71. The minimum absolute atomic E-state index is 0.0534. The van der Waals surface area contributed by atoms with Crippen molar-refractivity contribution in [2.45, 2.75) is 0 Å². The van der Waals surface area contributed by atoms with E-state index >= 15 is 0 Å². The molecule has 0 atom stereocenters. The average Bonchev–Trinajstić information content (AvgIpc) is 3.37. The van der Waals surface area contributed by atoms with Crippen molar-refractivity contribution in [1.82, 2.24) is 34.1 Å². The van der Waals surface area contributed by atoms with Gasteiger partial charge in [0.25, 0.3) is 0 Å². The number of nitrogens with one attached hydrogen (secondary N) is 1. The van der Waals surface area contributed by atoms with Crippen molar-refractivity contribution in [3.8, 4) is 16.9 Å². The number of nitrogens with zero attached hydrogens (tertiary/aromatic N) is 6. The number of aromatic nitrogens is 7. The molecule has 1 aromatic carbocycles. The van der Waals surface area contributed by atoms with Crippen LogP contribution in [0.2, 0.25) is 0 Å². The summed E-state index contributed by atoms with van der Waals surface area (Å²) in [5.41, 5.74) is 5.00. The number of aromatic amines is 1. The van der Waals surface area contributed by atoms with Gasteiger partial charge in [0.2, 0.25) is 0 Å². The topological polar surface area (TPSA) is 86.3 Å². The molecule has 8 heteroatoms. The third-order valence-corrected chi connectivity index (χ3v) is 4.71. The molecular weight excluding hydrogens is 330 g/mol. The molecule has 0 saturated heterocycles. The van der Waals surface area contributed by atoms with Crippen LogP contribution in [0.4, 0.5) is 0 Å². The van der Waals surface area contributed by atoms with Crippen LogP contribution in [0.5, 0.6) is 0 Å². The van der Waals surface area contributed by atoms with Gasteiger partial charge in [-0.3, -0.25) is 9.13 Å². The van der Waals surface area contributed by atoms with Crippen LogP contribution in [0.1, 0.15) is 0 Å². The number of H-pyrrole nitrogens is 1. The first-order chi connectivity index (χ1) is 12.6. The Balaban J connectivity index is 1.60. The number of aryl methyl sites for hydroxylation is 2. The molecule has 5 aromatic rings. The second kappa shape index (κ2) is 5.16. The summed E-state index contributed by atoms with van der Waals surface area (Å²) in [6, 6.07) is 9.77. The van der Waals surface area contributed by atoms with Crippen molar-refractivity contribution in [1.29, 1.82) is 0 Å². The Morgan fingerprint density at radius 3 is 2.77 bits per heavy atom. The first kappa shape index (κ1) is 14.6. The van der Waals surface area contributed by atoms with Crippen molar-refractivity contribution >= 4 is 22.1 Å². The van der Waals surface area contributed by atoms with Crippen LogP contribution in [0.15, 0.2) is 53.7 Å². The smallest absolute Gasteiger partial charge is 0.328 e. The van der Waals surface area contributed by atoms with E-state index in [1.807, 2.05) is 42.7 Å². The zero-order valence-corrected chi connectivity index (χ0v) is 14.2. The van der Waals surface area contributed by atoms with E-state index in [1.54, 1.807) is 34.1 Å². The molecule has 8 nitrogen and oxygen atoms in total. The monoisotopic (exact) mass is 345 g/mol. The molecular formula is C18H15N7O. The molecule has 0 fully saturated rings. The SMILES string of the molecule is Cn1c(=O)n(C)c2cc(-n3cc(-c4cnc5[nH]ccc5c4)nn3)ccc21. The zero-order valence-electron chi connectivity index (χ0n) is 14.2. The maximum Gasteiger partial charge on any atom is 0.328 e. The van der Waals surface area contributed by atoms with Crippen LogP contribution in [-0.4, -0.2) is 34.1 Å². The van der Waals surface area contributed by atoms with Gasteiger partial charge in [-0.25, -0.2) is 14.5 Å². The van der Waals surface area contributed by atoms with E-state index in [-0.39, 0.29) is 5.69 Å². The molecule has 0 amide bonds. The summed E-state index contributed by atoms with van der Waals surface area (Å²) in [4.78, 5) is 19.6. The lowest BCUT2D eigenvalue weighted by molar-refractivity contribution is 0.793. The van der Waals surface area contributed by atoms with Gasteiger partial charge < -0.3 is 4.98 Å². The Morgan fingerprint density at radius 1 is 1.04 bits per heavy atom. The molecule has 0 bridgehead atoms. The van der Waals surface area contributed by atoms with Crippen LogP contribution in [-0.2, 0) is 14.1 Å². The number of benzene rings is 1. The standard InChI is InChI=1S/C18H15N7O/c1-23-15-4-3-13(8-16(15)24(2)18(23)26)25-10-14(21-22-25)12-7-11-5-6-19-17(11)20-9-12/h3-10H,1-2H3,(H,19,20). The van der Waals surface area contributed by atoms with E-state index < -0.39 is 0 Å². The molecule has 0 aliphatic heterocycles. The normalized spacial score (nSPS) is 11.6. The number of fused-ring (bicyclic) bond motifs is 2. The summed E-state index contributed by atoms with van der Waals surface area (Å²) in [5.74, 6) is 0. The molecule has 1 N–H and O–H groups in total. The summed E-state index contributed by atoms with van der Waals surface area (Å²) >= 11 is 0. The molecule has 128 valence electrons. The number of hydrogen-bond acceptors (Lipinski definition) is 4. The fraction of sp³-hybridized carbons (Fsp3) is 0.111. The molecule has 5 rings (SSSR count). The molecule has 0 unspecified atom stereocenters. The van der Waals surface area contributed by atoms with E-state index in [9.17, 15) is 4.79 Å². The van der Waals surface area contributed by atoms with Crippen molar-refractivity contribution in [2.75, 3.05) is 0 Å². The molecule has 4 heterocycles. The summed E-state index contributed by atoms with van der Waals surface area (Å²) in [7, 11) is 3.53.